The summed E-state index contributed by atoms with van der Waals surface area (Å²) < 4.78 is 5.82. The fourth-order valence-electron chi connectivity index (χ4n) is 2.41. The number of aromatic amines is 1. The second-order valence-corrected chi connectivity index (χ2v) is 5.80. The lowest BCUT2D eigenvalue weighted by Gasteiger charge is -2.09. The number of H-pyrrole nitrogens is 1. The lowest BCUT2D eigenvalue weighted by Crippen LogP contribution is -2.22. The van der Waals surface area contributed by atoms with Crippen molar-refractivity contribution >= 4 is 17.1 Å². The van der Waals surface area contributed by atoms with Crippen LogP contribution in [0, 0.1) is 0 Å². The molecule has 1 amide bonds. The smallest absolute Gasteiger partial charge is 0.255 e. The molecular weight excluding hydrogens is 304 g/mol. The van der Waals surface area contributed by atoms with Gasteiger partial charge in [-0.05, 0) is 30.5 Å². The summed E-state index contributed by atoms with van der Waals surface area (Å²) in [6.45, 7) is 6.68. The Hall–Kier alpha value is -2.89. The van der Waals surface area contributed by atoms with Gasteiger partial charge in [0, 0.05) is 12.7 Å². The Morgan fingerprint density at radius 3 is 2.96 bits per heavy atom. The fraction of sp³-hybridized carbons (Fsp3) is 0.278. The summed E-state index contributed by atoms with van der Waals surface area (Å²) in [5.74, 6) is 1.28. The zero-order valence-electron chi connectivity index (χ0n) is 14.0. The van der Waals surface area contributed by atoms with Gasteiger partial charge >= 0.3 is 0 Å². The lowest BCUT2D eigenvalue weighted by atomic mass is 10.0. The van der Waals surface area contributed by atoms with E-state index in [0.717, 1.165) is 0 Å². The molecule has 0 atom stereocenters. The first kappa shape index (κ1) is 16.0. The predicted octanol–water partition coefficient (Wildman–Crippen LogP) is 3.62. The average molecular weight is 324 g/mol. The first-order valence-corrected chi connectivity index (χ1v) is 7.98. The Bertz CT molecular complexity index is 870. The highest BCUT2D eigenvalue weighted by molar-refractivity contribution is 6.04. The standard InChI is InChI=1S/C18H20N4O2/c1-4-19-18(23)14-9-20-17-16(14)22-15(10-21-17)24-13-7-5-6-12(8-13)11(2)3/h5-11H,4H2,1-3H3,(H,19,23)(H,20,21). The molecule has 24 heavy (non-hydrogen) atoms. The molecule has 2 heterocycles. The quantitative estimate of drug-likeness (QED) is 0.751. The zero-order valence-corrected chi connectivity index (χ0v) is 14.0. The monoisotopic (exact) mass is 324 g/mol. The van der Waals surface area contributed by atoms with Crippen molar-refractivity contribution in [1.82, 2.24) is 20.3 Å². The van der Waals surface area contributed by atoms with E-state index < -0.39 is 0 Å². The highest BCUT2D eigenvalue weighted by atomic mass is 16.5. The summed E-state index contributed by atoms with van der Waals surface area (Å²) in [6, 6.07) is 7.87. The highest BCUT2D eigenvalue weighted by Gasteiger charge is 2.14. The van der Waals surface area contributed by atoms with Gasteiger partial charge in [0.25, 0.3) is 5.91 Å². The Morgan fingerprint density at radius 2 is 2.21 bits per heavy atom. The van der Waals surface area contributed by atoms with E-state index in [1.54, 1.807) is 12.4 Å². The first-order chi connectivity index (χ1) is 11.6. The van der Waals surface area contributed by atoms with Crippen molar-refractivity contribution < 1.29 is 9.53 Å². The summed E-state index contributed by atoms with van der Waals surface area (Å²) in [5, 5.41) is 2.76. The second kappa shape index (κ2) is 6.70. The number of nitrogens with one attached hydrogen (secondary N) is 2. The molecule has 2 N–H and O–H groups in total. The molecule has 0 aliphatic carbocycles. The summed E-state index contributed by atoms with van der Waals surface area (Å²) in [4.78, 5) is 23.7. The third kappa shape index (κ3) is 3.22. The summed E-state index contributed by atoms with van der Waals surface area (Å²) in [5.41, 5.74) is 2.70. The van der Waals surface area contributed by atoms with E-state index in [9.17, 15) is 4.79 Å². The molecule has 0 saturated carbocycles. The lowest BCUT2D eigenvalue weighted by molar-refractivity contribution is 0.0957. The van der Waals surface area contributed by atoms with Gasteiger partial charge in [-0.15, -0.1) is 0 Å². The van der Waals surface area contributed by atoms with Gasteiger partial charge < -0.3 is 15.0 Å². The van der Waals surface area contributed by atoms with Crippen molar-refractivity contribution in [1.29, 1.82) is 0 Å². The van der Waals surface area contributed by atoms with E-state index in [-0.39, 0.29) is 5.91 Å². The number of hydrogen-bond donors (Lipinski definition) is 2. The number of fused-ring (bicyclic) bond motifs is 1. The molecule has 1 aromatic carbocycles. The van der Waals surface area contributed by atoms with Crippen LogP contribution in [0.4, 0.5) is 0 Å². The number of hydrogen-bond acceptors (Lipinski definition) is 4. The molecule has 0 bridgehead atoms. The van der Waals surface area contributed by atoms with Crippen molar-refractivity contribution in [3.05, 3.63) is 47.8 Å². The number of aromatic nitrogens is 3. The van der Waals surface area contributed by atoms with Crippen LogP contribution in [0.5, 0.6) is 11.6 Å². The molecular formula is C18H20N4O2. The van der Waals surface area contributed by atoms with Crippen LogP contribution in [0.15, 0.2) is 36.7 Å². The van der Waals surface area contributed by atoms with Crippen LogP contribution in [0.2, 0.25) is 0 Å². The molecule has 6 heteroatoms. The van der Waals surface area contributed by atoms with Crippen molar-refractivity contribution in [2.45, 2.75) is 26.7 Å². The first-order valence-electron chi connectivity index (χ1n) is 7.98. The number of rotatable bonds is 5. The predicted molar refractivity (Wildman–Crippen MR) is 92.5 cm³/mol. The van der Waals surface area contributed by atoms with E-state index in [1.165, 1.54) is 5.56 Å². The van der Waals surface area contributed by atoms with Crippen molar-refractivity contribution in [3.8, 4) is 11.6 Å². The van der Waals surface area contributed by atoms with Gasteiger partial charge in [0.15, 0.2) is 5.65 Å². The number of carbonyl (C=O) groups is 1. The van der Waals surface area contributed by atoms with Crippen LogP contribution >= 0.6 is 0 Å². The summed E-state index contributed by atoms with van der Waals surface area (Å²) in [6.07, 6.45) is 3.15. The topological polar surface area (TPSA) is 79.9 Å². The number of nitrogens with zero attached hydrogens (tertiary/aromatic N) is 2. The molecule has 0 spiro atoms. The van der Waals surface area contributed by atoms with Crippen LogP contribution in [-0.4, -0.2) is 27.4 Å². The zero-order chi connectivity index (χ0) is 17.1. The number of benzene rings is 1. The molecule has 0 radical (unpaired) electrons. The SMILES string of the molecule is CCNC(=O)c1c[nH]c2ncc(Oc3cccc(C(C)C)c3)nc12. The van der Waals surface area contributed by atoms with E-state index in [1.807, 2.05) is 25.1 Å². The molecule has 0 aliphatic heterocycles. The van der Waals surface area contributed by atoms with Gasteiger partial charge in [0.05, 0.1) is 11.8 Å². The molecule has 2 aromatic heterocycles. The number of ether oxygens (including phenoxy) is 1. The molecule has 3 aromatic rings. The number of carbonyl (C=O) groups excluding carboxylic acids is 1. The third-order valence-corrected chi connectivity index (χ3v) is 3.69. The maximum Gasteiger partial charge on any atom is 0.255 e. The van der Waals surface area contributed by atoms with Gasteiger partial charge in [0.2, 0.25) is 5.88 Å². The van der Waals surface area contributed by atoms with Crippen LogP contribution in [0.3, 0.4) is 0 Å². The Labute approximate surface area is 140 Å². The van der Waals surface area contributed by atoms with Gasteiger partial charge in [-0.25, -0.2) is 9.97 Å². The minimum Gasteiger partial charge on any atom is -0.437 e. The van der Waals surface area contributed by atoms with E-state index >= 15 is 0 Å². The minimum absolute atomic E-state index is 0.183. The van der Waals surface area contributed by atoms with E-state index in [4.69, 9.17) is 4.74 Å². The van der Waals surface area contributed by atoms with E-state index in [2.05, 4.69) is 40.2 Å². The van der Waals surface area contributed by atoms with E-state index in [0.29, 0.717) is 40.8 Å². The Morgan fingerprint density at radius 1 is 1.38 bits per heavy atom. The number of amides is 1. The fourth-order valence-corrected chi connectivity index (χ4v) is 2.41. The Kier molecular flexibility index (Phi) is 4.46. The van der Waals surface area contributed by atoms with Crippen LogP contribution in [-0.2, 0) is 0 Å². The molecule has 124 valence electrons. The largest absolute Gasteiger partial charge is 0.437 e. The van der Waals surface area contributed by atoms with Crippen LogP contribution < -0.4 is 10.1 Å². The summed E-state index contributed by atoms with van der Waals surface area (Å²) >= 11 is 0. The van der Waals surface area contributed by atoms with Crippen molar-refractivity contribution in [3.63, 3.8) is 0 Å². The maximum absolute atomic E-state index is 12.1. The summed E-state index contributed by atoms with van der Waals surface area (Å²) in [7, 11) is 0. The van der Waals surface area contributed by atoms with Crippen LogP contribution in [0.1, 0.15) is 42.6 Å². The minimum atomic E-state index is -0.183. The molecule has 3 rings (SSSR count). The van der Waals surface area contributed by atoms with Gasteiger partial charge in [0.1, 0.15) is 11.3 Å². The van der Waals surface area contributed by atoms with Crippen molar-refractivity contribution in [2.75, 3.05) is 6.54 Å². The van der Waals surface area contributed by atoms with Gasteiger partial charge in [-0.2, -0.15) is 0 Å². The molecule has 0 saturated heterocycles. The molecule has 0 aliphatic rings. The Balaban J connectivity index is 1.91. The van der Waals surface area contributed by atoms with Gasteiger partial charge in [-0.3, -0.25) is 4.79 Å². The normalized spacial score (nSPS) is 11.0. The molecule has 0 fully saturated rings. The molecule has 6 nitrogen and oxygen atoms in total. The highest BCUT2D eigenvalue weighted by Crippen LogP contribution is 2.25. The molecule has 0 unspecified atom stereocenters. The van der Waals surface area contributed by atoms with Gasteiger partial charge in [-0.1, -0.05) is 26.0 Å². The third-order valence-electron chi connectivity index (χ3n) is 3.69. The average Bonchev–Trinajstić information content (AvgIpc) is 2.98. The maximum atomic E-state index is 12.1. The van der Waals surface area contributed by atoms with Crippen molar-refractivity contribution in [2.24, 2.45) is 0 Å². The second-order valence-electron chi connectivity index (χ2n) is 5.80. The van der Waals surface area contributed by atoms with Crippen LogP contribution in [0.25, 0.3) is 11.2 Å².